The van der Waals surface area contributed by atoms with Crippen LogP contribution >= 0.6 is 0 Å². The van der Waals surface area contributed by atoms with Crippen molar-refractivity contribution in [2.75, 3.05) is 44.4 Å². The van der Waals surface area contributed by atoms with Crippen LogP contribution in [0.5, 0.6) is 5.75 Å². The lowest BCUT2D eigenvalue weighted by atomic mass is 10.0. The number of rotatable bonds is 7. The normalized spacial score (nSPS) is 19.6. The topological polar surface area (TPSA) is 69.1 Å². The van der Waals surface area contributed by atoms with Crippen molar-refractivity contribution < 1.29 is 14.2 Å². The van der Waals surface area contributed by atoms with Crippen LogP contribution in [-0.4, -0.2) is 60.8 Å². The molecule has 152 valence electrons. The van der Waals surface area contributed by atoms with E-state index in [1.165, 1.54) is 5.56 Å². The second kappa shape index (κ2) is 7.72. The number of hydrogen-bond acceptors (Lipinski definition) is 7. The predicted molar refractivity (Wildman–Crippen MR) is 110 cm³/mol. The Bertz CT molecular complexity index is 920. The Kier molecular flexibility index (Phi) is 4.93. The number of fused-ring (bicyclic) bond motifs is 1. The number of ether oxygens (including phenoxy) is 3. The van der Waals surface area contributed by atoms with E-state index in [9.17, 15) is 0 Å². The van der Waals surface area contributed by atoms with Gasteiger partial charge < -0.3 is 19.1 Å². The summed E-state index contributed by atoms with van der Waals surface area (Å²) in [5.41, 5.74) is 3.92. The molecule has 0 bridgehead atoms. The fourth-order valence-corrected chi connectivity index (χ4v) is 3.84. The highest BCUT2D eigenvalue weighted by Gasteiger charge is 2.46. The summed E-state index contributed by atoms with van der Waals surface area (Å²) in [5.74, 6) is 1.80. The van der Waals surface area contributed by atoms with E-state index in [1.807, 2.05) is 19.1 Å². The summed E-state index contributed by atoms with van der Waals surface area (Å²) in [7, 11) is 0. The minimum atomic E-state index is -0.154. The molecule has 0 N–H and O–H groups in total. The summed E-state index contributed by atoms with van der Waals surface area (Å²) in [6.07, 6.45) is 3.71. The van der Waals surface area contributed by atoms with Crippen LogP contribution in [0.3, 0.4) is 0 Å². The van der Waals surface area contributed by atoms with Gasteiger partial charge in [-0.15, -0.1) is 0 Å². The van der Waals surface area contributed by atoms with Gasteiger partial charge in [0.05, 0.1) is 37.8 Å². The van der Waals surface area contributed by atoms with E-state index in [-0.39, 0.29) is 5.60 Å². The van der Waals surface area contributed by atoms with Crippen LogP contribution in [-0.2, 0) is 16.0 Å². The van der Waals surface area contributed by atoms with Crippen molar-refractivity contribution in [3.63, 3.8) is 0 Å². The Labute approximate surface area is 170 Å². The maximum Gasteiger partial charge on any atom is 0.132 e. The summed E-state index contributed by atoms with van der Waals surface area (Å²) >= 11 is 0. The van der Waals surface area contributed by atoms with Gasteiger partial charge in [0.25, 0.3) is 0 Å². The van der Waals surface area contributed by atoms with E-state index in [0.717, 1.165) is 67.7 Å². The Hall–Kier alpha value is -2.51. The Morgan fingerprint density at radius 1 is 1.14 bits per heavy atom. The van der Waals surface area contributed by atoms with Gasteiger partial charge in [0.1, 0.15) is 23.5 Å². The molecule has 1 saturated carbocycles. The lowest BCUT2D eigenvalue weighted by Gasteiger charge is -2.27. The summed E-state index contributed by atoms with van der Waals surface area (Å²) < 4.78 is 17.4. The summed E-state index contributed by atoms with van der Waals surface area (Å²) in [4.78, 5) is 16.0. The lowest BCUT2D eigenvalue weighted by molar-refractivity contribution is 0.0414. The zero-order valence-corrected chi connectivity index (χ0v) is 16.8. The van der Waals surface area contributed by atoms with Gasteiger partial charge in [0.15, 0.2) is 0 Å². The molecule has 1 aromatic heterocycles. The average molecular weight is 394 g/mol. The van der Waals surface area contributed by atoms with Gasteiger partial charge in [-0.1, -0.05) is 6.07 Å². The largest absolute Gasteiger partial charge is 0.485 e. The maximum absolute atomic E-state index is 6.31. The van der Waals surface area contributed by atoms with E-state index >= 15 is 0 Å². The van der Waals surface area contributed by atoms with Crippen molar-refractivity contribution in [2.24, 2.45) is 4.99 Å². The van der Waals surface area contributed by atoms with Crippen LogP contribution in [0.25, 0.3) is 0 Å². The lowest BCUT2D eigenvalue weighted by Crippen LogP contribution is -2.36. The minimum Gasteiger partial charge on any atom is -0.485 e. The van der Waals surface area contributed by atoms with Crippen LogP contribution in [0.2, 0.25) is 0 Å². The number of hydrogen-bond donors (Lipinski definition) is 0. The van der Waals surface area contributed by atoms with Crippen LogP contribution in [0, 0.1) is 0 Å². The third kappa shape index (κ3) is 3.84. The number of morpholine rings is 1. The Balaban J connectivity index is 1.38. The van der Waals surface area contributed by atoms with E-state index in [0.29, 0.717) is 19.8 Å². The highest BCUT2D eigenvalue weighted by Crippen LogP contribution is 2.41. The van der Waals surface area contributed by atoms with Gasteiger partial charge in [0.2, 0.25) is 0 Å². The van der Waals surface area contributed by atoms with Gasteiger partial charge in [-0.05, 0) is 37.5 Å². The van der Waals surface area contributed by atoms with Gasteiger partial charge in [-0.3, -0.25) is 4.99 Å². The first-order chi connectivity index (χ1) is 14.3. The monoisotopic (exact) mass is 394 g/mol. The molecule has 29 heavy (non-hydrogen) atoms. The highest BCUT2D eigenvalue weighted by molar-refractivity contribution is 6.14. The molecule has 0 atom stereocenters. The number of aliphatic imine (C=N–C) groups is 1. The standard InChI is InChI=1S/C22H26N4O3/c1-2-27-14-22(5-6-22)29-17-4-3-16-13-23-21(18(16)11-17)19-12-20(25-15-24-19)26-7-9-28-10-8-26/h3-4,11-12,15H,2,5-10,13-14H2,1H3. The number of benzene rings is 1. The molecule has 2 aliphatic heterocycles. The first-order valence-corrected chi connectivity index (χ1v) is 10.4. The van der Waals surface area contributed by atoms with Crippen molar-refractivity contribution in [1.82, 2.24) is 9.97 Å². The first-order valence-electron chi connectivity index (χ1n) is 10.4. The molecular formula is C22H26N4O3. The Morgan fingerprint density at radius 3 is 2.79 bits per heavy atom. The van der Waals surface area contributed by atoms with E-state index in [4.69, 9.17) is 19.2 Å². The second-order valence-electron chi connectivity index (χ2n) is 7.77. The molecule has 0 amide bonds. The smallest absolute Gasteiger partial charge is 0.132 e. The molecule has 5 rings (SSSR count). The molecule has 1 aliphatic carbocycles. The van der Waals surface area contributed by atoms with Gasteiger partial charge in [-0.2, -0.15) is 0 Å². The van der Waals surface area contributed by atoms with Gasteiger partial charge in [-0.25, -0.2) is 9.97 Å². The molecule has 0 unspecified atom stereocenters. The van der Waals surface area contributed by atoms with E-state index in [2.05, 4.69) is 27.0 Å². The summed E-state index contributed by atoms with van der Waals surface area (Å²) in [6.45, 7) is 7.20. The van der Waals surface area contributed by atoms with Crippen molar-refractivity contribution >= 4 is 11.5 Å². The van der Waals surface area contributed by atoms with Crippen molar-refractivity contribution in [2.45, 2.75) is 31.9 Å². The predicted octanol–water partition coefficient (Wildman–Crippen LogP) is 2.61. The van der Waals surface area contributed by atoms with Crippen LogP contribution in [0.4, 0.5) is 5.82 Å². The molecular weight excluding hydrogens is 368 g/mol. The molecule has 2 fully saturated rings. The summed E-state index contributed by atoms with van der Waals surface area (Å²) in [6, 6.07) is 8.29. The SMILES string of the molecule is CCOCC1(Oc2ccc3c(c2)C(c2cc(N4CCOCC4)ncn2)=NC3)CC1. The molecule has 2 aromatic rings. The zero-order chi connectivity index (χ0) is 19.7. The molecule has 0 spiro atoms. The van der Waals surface area contributed by atoms with E-state index in [1.54, 1.807) is 6.33 Å². The minimum absolute atomic E-state index is 0.154. The third-order valence-electron chi connectivity index (χ3n) is 5.69. The number of nitrogens with zero attached hydrogens (tertiary/aromatic N) is 4. The van der Waals surface area contributed by atoms with Crippen molar-refractivity contribution in [1.29, 1.82) is 0 Å². The molecule has 7 nitrogen and oxygen atoms in total. The molecule has 3 aliphatic rings. The molecule has 0 radical (unpaired) electrons. The quantitative estimate of drug-likeness (QED) is 0.719. The maximum atomic E-state index is 6.31. The zero-order valence-electron chi connectivity index (χ0n) is 16.8. The number of anilines is 1. The van der Waals surface area contributed by atoms with Crippen LogP contribution in [0.1, 0.15) is 36.6 Å². The third-order valence-corrected chi connectivity index (χ3v) is 5.69. The van der Waals surface area contributed by atoms with Crippen molar-refractivity contribution in [3.05, 3.63) is 47.4 Å². The first kappa shape index (κ1) is 18.5. The fraction of sp³-hybridized carbons (Fsp3) is 0.500. The van der Waals surface area contributed by atoms with Crippen molar-refractivity contribution in [3.8, 4) is 5.75 Å². The summed E-state index contributed by atoms with van der Waals surface area (Å²) in [5, 5.41) is 0. The highest BCUT2D eigenvalue weighted by atomic mass is 16.5. The molecule has 1 saturated heterocycles. The van der Waals surface area contributed by atoms with Gasteiger partial charge in [0, 0.05) is 31.3 Å². The molecule has 1 aromatic carbocycles. The van der Waals surface area contributed by atoms with Crippen LogP contribution in [0.15, 0.2) is 35.6 Å². The second-order valence-corrected chi connectivity index (χ2v) is 7.77. The average Bonchev–Trinajstić information content (AvgIpc) is 3.40. The molecule has 3 heterocycles. The van der Waals surface area contributed by atoms with E-state index < -0.39 is 0 Å². The molecule has 7 heteroatoms. The van der Waals surface area contributed by atoms with Crippen LogP contribution < -0.4 is 9.64 Å². The Morgan fingerprint density at radius 2 is 2.00 bits per heavy atom. The fourth-order valence-electron chi connectivity index (χ4n) is 3.84. The van der Waals surface area contributed by atoms with Gasteiger partial charge >= 0.3 is 0 Å². The number of aromatic nitrogens is 2.